The maximum absolute atomic E-state index is 12.2. The Morgan fingerprint density at radius 2 is 1.65 bits per heavy atom. The van der Waals surface area contributed by atoms with Gasteiger partial charge in [-0.2, -0.15) is 0 Å². The van der Waals surface area contributed by atoms with E-state index in [2.05, 4.69) is 15.9 Å². The maximum atomic E-state index is 12.2. The molecule has 0 atom stereocenters. The molecule has 0 N–H and O–H groups in total. The first-order valence-corrected chi connectivity index (χ1v) is 8.42. The predicted molar refractivity (Wildman–Crippen MR) is 99.2 cm³/mol. The molecular formula is C20H21BrO2. The molecule has 0 aliphatic carbocycles. The monoisotopic (exact) mass is 372 g/mol. The molecule has 2 nitrogen and oxygen atoms in total. The lowest BCUT2D eigenvalue weighted by atomic mass is 10.0. The molecule has 2 rings (SSSR count). The van der Waals surface area contributed by atoms with E-state index in [0.717, 1.165) is 26.9 Å². The van der Waals surface area contributed by atoms with Crippen molar-refractivity contribution in [1.29, 1.82) is 0 Å². The summed E-state index contributed by atoms with van der Waals surface area (Å²) in [4.78, 5) is 12.2. The predicted octanol–water partition coefficient (Wildman–Crippen LogP) is 5.75. The van der Waals surface area contributed by atoms with Crippen LogP contribution in [0, 0.1) is 13.8 Å². The molecule has 0 radical (unpaired) electrons. The molecule has 0 heterocycles. The van der Waals surface area contributed by atoms with Crippen LogP contribution in [0.2, 0.25) is 0 Å². The van der Waals surface area contributed by atoms with E-state index in [4.69, 9.17) is 4.74 Å². The van der Waals surface area contributed by atoms with Gasteiger partial charge in [0.05, 0.1) is 6.10 Å². The molecule has 0 unspecified atom stereocenters. The molecule has 2 aromatic rings. The van der Waals surface area contributed by atoms with Crippen LogP contribution in [0.4, 0.5) is 0 Å². The lowest BCUT2D eigenvalue weighted by molar-refractivity contribution is 0.104. The number of ketones is 1. The first kappa shape index (κ1) is 17.5. The minimum absolute atomic E-state index is 0.00434. The van der Waals surface area contributed by atoms with Crippen LogP contribution in [-0.4, -0.2) is 11.9 Å². The molecule has 0 aliphatic rings. The lowest BCUT2D eigenvalue weighted by Gasteiger charge is -2.15. The fourth-order valence-electron chi connectivity index (χ4n) is 2.38. The molecular weight excluding hydrogens is 352 g/mol. The van der Waals surface area contributed by atoms with Gasteiger partial charge in [0.1, 0.15) is 5.75 Å². The van der Waals surface area contributed by atoms with Crippen LogP contribution in [0.1, 0.15) is 40.9 Å². The van der Waals surface area contributed by atoms with Crippen molar-refractivity contribution in [1.82, 2.24) is 0 Å². The van der Waals surface area contributed by atoms with Gasteiger partial charge in [-0.05, 0) is 86.9 Å². The van der Waals surface area contributed by atoms with E-state index in [1.54, 1.807) is 6.08 Å². The molecule has 0 aliphatic heterocycles. The second-order valence-electron chi connectivity index (χ2n) is 5.85. The number of hydrogen-bond donors (Lipinski definition) is 0. The Balaban J connectivity index is 2.19. The van der Waals surface area contributed by atoms with E-state index in [9.17, 15) is 4.79 Å². The maximum Gasteiger partial charge on any atom is 0.185 e. The van der Waals surface area contributed by atoms with Crippen molar-refractivity contribution < 1.29 is 9.53 Å². The summed E-state index contributed by atoms with van der Waals surface area (Å²) in [6.45, 7) is 8.09. The molecule has 0 spiro atoms. The van der Waals surface area contributed by atoms with Crippen molar-refractivity contribution >= 4 is 27.8 Å². The fourth-order valence-corrected chi connectivity index (χ4v) is 2.65. The van der Waals surface area contributed by atoms with E-state index in [1.807, 2.05) is 70.2 Å². The summed E-state index contributed by atoms with van der Waals surface area (Å²) < 4.78 is 6.80. The quantitative estimate of drug-likeness (QED) is 0.493. The highest BCUT2D eigenvalue weighted by atomic mass is 79.9. The Bertz CT molecular complexity index is 705. The topological polar surface area (TPSA) is 26.3 Å². The van der Waals surface area contributed by atoms with Crippen LogP contribution in [-0.2, 0) is 0 Å². The van der Waals surface area contributed by atoms with Crippen molar-refractivity contribution in [3.05, 3.63) is 69.2 Å². The number of halogens is 1. The minimum Gasteiger partial charge on any atom is -0.490 e. The first-order chi connectivity index (χ1) is 10.9. The van der Waals surface area contributed by atoms with Crippen molar-refractivity contribution in [2.45, 2.75) is 33.8 Å². The molecule has 0 bridgehead atoms. The Labute approximate surface area is 146 Å². The van der Waals surface area contributed by atoms with Crippen LogP contribution in [0.25, 0.3) is 6.08 Å². The number of benzene rings is 2. The van der Waals surface area contributed by atoms with Crippen molar-refractivity contribution in [3.63, 3.8) is 0 Å². The molecule has 120 valence electrons. The summed E-state index contributed by atoms with van der Waals surface area (Å²) in [7, 11) is 0. The van der Waals surface area contributed by atoms with Gasteiger partial charge >= 0.3 is 0 Å². The third-order valence-electron chi connectivity index (χ3n) is 3.39. The van der Waals surface area contributed by atoms with Crippen LogP contribution in [0.15, 0.2) is 46.9 Å². The van der Waals surface area contributed by atoms with Crippen molar-refractivity contribution in [2.24, 2.45) is 0 Å². The number of carbonyl (C=O) groups excluding carboxylic acids is 1. The van der Waals surface area contributed by atoms with Gasteiger partial charge in [-0.25, -0.2) is 0 Å². The Hall–Kier alpha value is -1.87. The number of hydrogen-bond acceptors (Lipinski definition) is 2. The Morgan fingerprint density at radius 3 is 2.17 bits per heavy atom. The average molecular weight is 373 g/mol. The van der Waals surface area contributed by atoms with Gasteiger partial charge in [0.2, 0.25) is 0 Å². The molecule has 3 heteroatoms. The average Bonchev–Trinajstić information content (AvgIpc) is 2.49. The first-order valence-electron chi connectivity index (χ1n) is 7.62. The standard InChI is InChI=1S/C20H21BrO2/c1-13(2)23-20-14(3)11-16(12-15(20)4)5-10-19(22)17-6-8-18(21)9-7-17/h5-13H,1-4H3. The zero-order valence-corrected chi connectivity index (χ0v) is 15.5. The van der Waals surface area contributed by atoms with Crippen molar-refractivity contribution in [2.75, 3.05) is 0 Å². The van der Waals surface area contributed by atoms with Crippen LogP contribution in [0.3, 0.4) is 0 Å². The Kier molecular flexibility index (Phi) is 5.78. The smallest absolute Gasteiger partial charge is 0.185 e. The molecule has 23 heavy (non-hydrogen) atoms. The molecule has 0 fully saturated rings. The highest BCUT2D eigenvalue weighted by molar-refractivity contribution is 9.10. The number of rotatable bonds is 5. The second kappa shape index (κ2) is 7.60. The van der Waals surface area contributed by atoms with E-state index in [1.165, 1.54) is 0 Å². The third kappa shape index (κ3) is 4.80. The number of allylic oxidation sites excluding steroid dienone is 1. The summed E-state index contributed by atoms with van der Waals surface area (Å²) >= 11 is 3.37. The van der Waals surface area contributed by atoms with Gasteiger partial charge in [0, 0.05) is 10.0 Å². The van der Waals surface area contributed by atoms with Gasteiger partial charge in [-0.3, -0.25) is 4.79 Å². The van der Waals surface area contributed by atoms with Crippen LogP contribution < -0.4 is 4.74 Å². The zero-order valence-electron chi connectivity index (χ0n) is 13.9. The van der Waals surface area contributed by atoms with E-state index < -0.39 is 0 Å². The van der Waals surface area contributed by atoms with Gasteiger partial charge < -0.3 is 4.74 Å². The van der Waals surface area contributed by atoms with Crippen LogP contribution in [0.5, 0.6) is 5.75 Å². The summed E-state index contributed by atoms with van der Waals surface area (Å²) in [5.74, 6) is 0.923. The van der Waals surface area contributed by atoms with E-state index >= 15 is 0 Å². The highest BCUT2D eigenvalue weighted by Gasteiger charge is 2.08. The highest BCUT2D eigenvalue weighted by Crippen LogP contribution is 2.26. The van der Waals surface area contributed by atoms with Gasteiger partial charge in [-0.1, -0.05) is 22.0 Å². The molecule has 0 aromatic heterocycles. The summed E-state index contributed by atoms with van der Waals surface area (Å²) in [5, 5.41) is 0. The SMILES string of the molecule is Cc1cc(C=CC(=O)c2ccc(Br)cc2)cc(C)c1OC(C)C. The number of aryl methyl sites for hydroxylation is 2. The van der Waals surface area contributed by atoms with Crippen LogP contribution >= 0.6 is 15.9 Å². The van der Waals surface area contributed by atoms with Gasteiger partial charge in [-0.15, -0.1) is 0 Å². The molecule has 0 saturated carbocycles. The zero-order chi connectivity index (χ0) is 17.0. The van der Waals surface area contributed by atoms with Crippen molar-refractivity contribution in [3.8, 4) is 5.75 Å². The summed E-state index contributed by atoms with van der Waals surface area (Å²) in [6.07, 6.45) is 3.61. The molecule has 0 saturated heterocycles. The summed E-state index contributed by atoms with van der Waals surface area (Å²) in [5.41, 5.74) is 3.84. The van der Waals surface area contributed by atoms with Gasteiger partial charge in [0.15, 0.2) is 5.78 Å². The normalized spacial score (nSPS) is 11.2. The summed E-state index contributed by atoms with van der Waals surface area (Å²) in [6, 6.07) is 11.4. The molecule has 2 aromatic carbocycles. The second-order valence-corrected chi connectivity index (χ2v) is 6.77. The number of ether oxygens (including phenoxy) is 1. The molecule has 0 amide bonds. The lowest BCUT2D eigenvalue weighted by Crippen LogP contribution is -2.08. The fraction of sp³-hybridized carbons (Fsp3) is 0.250. The Morgan fingerprint density at radius 1 is 1.09 bits per heavy atom. The third-order valence-corrected chi connectivity index (χ3v) is 3.92. The number of carbonyl (C=O) groups is 1. The van der Waals surface area contributed by atoms with E-state index in [0.29, 0.717) is 5.56 Å². The van der Waals surface area contributed by atoms with E-state index in [-0.39, 0.29) is 11.9 Å². The van der Waals surface area contributed by atoms with Gasteiger partial charge in [0.25, 0.3) is 0 Å². The minimum atomic E-state index is -0.00434. The largest absolute Gasteiger partial charge is 0.490 e.